The molecule has 0 aromatic heterocycles. The number of halogens is 1. The molecule has 122 valence electrons. The van der Waals surface area contributed by atoms with E-state index in [9.17, 15) is 14.0 Å². The molecule has 0 spiro atoms. The van der Waals surface area contributed by atoms with Gasteiger partial charge in [0.1, 0.15) is 11.9 Å². The van der Waals surface area contributed by atoms with Gasteiger partial charge in [-0.2, -0.15) is 0 Å². The van der Waals surface area contributed by atoms with Gasteiger partial charge in [-0.05, 0) is 24.1 Å². The predicted molar refractivity (Wildman–Crippen MR) is 82.8 cm³/mol. The molecule has 0 saturated heterocycles. The number of rotatable bonds is 9. The maximum Gasteiger partial charge on any atom is 0.328 e. The van der Waals surface area contributed by atoms with Crippen LogP contribution in [0.25, 0.3) is 0 Å². The lowest BCUT2D eigenvalue weighted by atomic mass is 10.1. The fraction of sp³-hybridized carbons (Fsp3) is 0.529. The molecule has 0 aliphatic heterocycles. The number of nitrogens with one attached hydrogen (secondary N) is 1. The average molecular weight is 309 g/mol. The van der Waals surface area contributed by atoms with E-state index in [4.69, 9.17) is 4.74 Å². The first-order chi connectivity index (χ1) is 10.6. The van der Waals surface area contributed by atoms with E-state index in [2.05, 4.69) is 12.2 Å². The van der Waals surface area contributed by atoms with Crippen molar-refractivity contribution in [2.75, 3.05) is 7.11 Å². The minimum absolute atomic E-state index is 0.114. The molecule has 0 saturated carbocycles. The Balaban J connectivity index is 2.50. The van der Waals surface area contributed by atoms with E-state index in [-0.39, 0.29) is 18.1 Å². The molecule has 0 heterocycles. The van der Waals surface area contributed by atoms with Crippen molar-refractivity contribution in [3.63, 3.8) is 0 Å². The molecule has 1 rings (SSSR count). The Morgan fingerprint density at radius 3 is 2.45 bits per heavy atom. The van der Waals surface area contributed by atoms with E-state index in [1.54, 1.807) is 12.1 Å². The number of amides is 1. The van der Waals surface area contributed by atoms with Crippen molar-refractivity contribution in [3.05, 3.63) is 35.6 Å². The highest BCUT2D eigenvalue weighted by molar-refractivity contribution is 5.85. The molecule has 4 nitrogen and oxygen atoms in total. The van der Waals surface area contributed by atoms with Gasteiger partial charge in [-0.25, -0.2) is 9.18 Å². The topological polar surface area (TPSA) is 55.4 Å². The van der Waals surface area contributed by atoms with Crippen molar-refractivity contribution in [3.8, 4) is 0 Å². The number of hydrogen-bond acceptors (Lipinski definition) is 3. The quantitative estimate of drug-likeness (QED) is 0.563. The van der Waals surface area contributed by atoms with E-state index in [0.29, 0.717) is 12.0 Å². The largest absolute Gasteiger partial charge is 0.467 e. The first-order valence-electron chi connectivity index (χ1n) is 7.68. The lowest BCUT2D eigenvalue weighted by Gasteiger charge is -2.16. The number of carbonyl (C=O) groups excluding carboxylic acids is 2. The van der Waals surface area contributed by atoms with E-state index in [0.717, 1.165) is 25.7 Å². The summed E-state index contributed by atoms with van der Waals surface area (Å²) in [6, 6.07) is 5.12. The van der Waals surface area contributed by atoms with Crippen molar-refractivity contribution < 1.29 is 18.7 Å². The zero-order valence-corrected chi connectivity index (χ0v) is 13.2. The van der Waals surface area contributed by atoms with Crippen molar-refractivity contribution in [1.82, 2.24) is 5.32 Å². The molecule has 0 bridgehead atoms. The van der Waals surface area contributed by atoms with Gasteiger partial charge in [0.25, 0.3) is 0 Å². The average Bonchev–Trinajstić information content (AvgIpc) is 2.51. The number of ether oxygens (including phenoxy) is 1. The van der Waals surface area contributed by atoms with Gasteiger partial charge in [-0.3, -0.25) is 4.79 Å². The molecule has 1 aromatic carbocycles. The Hall–Kier alpha value is -1.91. The number of esters is 1. The van der Waals surface area contributed by atoms with E-state index in [1.165, 1.54) is 19.2 Å². The third kappa shape index (κ3) is 6.70. The fourth-order valence-electron chi connectivity index (χ4n) is 2.20. The molecule has 1 N–H and O–H groups in total. The molecule has 1 amide bonds. The van der Waals surface area contributed by atoms with Crippen molar-refractivity contribution in [1.29, 1.82) is 0 Å². The summed E-state index contributed by atoms with van der Waals surface area (Å²) in [5, 5.41) is 2.70. The third-order valence-electron chi connectivity index (χ3n) is 3.45. The van der Waals surface area contributed by atoms with E-state index in [1.807, 2.05) is 0 Å². The SMILES string of the molecule is CCCCCC[C@H](NC(=O)Cc1ccc(F)cc1)C(=O)OC. The highest BCUT2D eigenvalue weighted by atomic mass is 19.1. The summed E-state index contributed by atoms with van der Waals surface area (Å²) in [4.78, 5) is 23.7. The Labute approximate surface area is 131 Å². The summed E-state index contributed by atoms with van der Waals surface area (Å²) in [6.07, 6.45) is 4.80. The van der Waals surface area contributed by atoms with Crippen LogP contribution in [-0.2, 0) is 20.7 Å². The second-order valence-corrected chi connectivity index (χ2v) is 5.30. The number of benzene rings is 1. The smallest absolute Gasteiger partial charge is 0.328 e. The van der Waals surface area contributed by atoms with E-state index < -0.39 is 12.0 Å². The van der Waals surface area contributed by atoms with Gasteiger partial charge in [0.2, 0.25) is 5.91 Å². The fourth-order valence-corrected chi connectivity index (χ4v) is 2.20. The van der Waals surface area contributed by atoms with Crippen LogP contribution in [0.5, 0.6) is 0 Å². The lowest BCUT2D eigenvalue weighted by Crippen LogP contribution is -2.42. The van der Waals surface area contributed by atoms with Gasteiger partial charge in [-0.1, -0.05) is 44.7 Å². The normalized spacial score (nSPS) is 11.8. The third-order valence-corrected chi connectivity index (χ3v) is 3.45. The van der Waals surface area contributed by atoms with Crippen molar-refractivity contribution in [2.24, 2.45) is 0 Å². The van der Waals surface area contributed by atoms with Crippen molar-refractivity contribution >= 4 is 11.9 Å². The molecule has 0 aliphatic carbocycles. The number of carbonyl (C=O) groups is 2. The van der Waals surface area contributed by atoms with Crippen LogP contribution < -0.4 is 5.32 Å². The molecule has 0 aliphatic rings. The van der Waals surface area contributed by atoms with Crippen LogP contribution in [0.4, 0.5) is 4.39 Å². The second-order valence-electron chi connectivity index (χ2n) is 5.30. The minimum Gasteiger partial charge on any atom is -0.467 e. The molecular weight excluding hydrogens is 285 g/mol. The Morgan fingerprint density at radius 1 is 1.18 bits per heavy atom. The summed E-state index contributed by atoms with van der Waals surface area (Å²) in [7, 11) is 1.31. The first kappa shape index (κ1) is 18.1. The first-order valence-corrected chi connectivity index (χ1v) is 7.68. The van der Waals surface area contributed by atoms with Crippen LogP contribution in [-0.4, -0.2) is 25.0 Å². The second kappa shape index (κ2) is 9.92. The van der Waals surface area contributed by atoms with Gasteiger partial charge < -0.3 is 10.1 Å². The van der Waals surface area contributed by atoms with Gasteiger partial charge in [-0.15, -0.1) is 0 Å². The van der Waals surface area contributed by atoms with Gasteiger partial charge in [0, 0.05) is 0 Å². The number of hydrogen-bond donors (Lipinski definition) is 1. The van der Waals surface area contributed by atoms with Crippen LogP contribution in [0.2, 0.25) is 0 Å². The highest BCUT2D eigenvalue weighted by Gasteiger charge is 2.20. The monoisotopic (exact) mass is 309 g/mol. The maximum absolute atomic E-state index is 12.8. The minimum atomic E-state index is -0.616. The molecule has 0 fully saturated rings. The van der Waals surface area contributed by atoms with Crippen LogP contribution >= 0.6 is 0 Å². The van der Waals surface area contributed by atoms with Gasteiger partial charge >= 0.3 is 5.97 Å². The zero-order valence-electron chi connectivity index (χ0n) is 13.2. The van der Waals surface area contributed by atoms with Gasteiger partial charge in [0.15, 0.2) is 0 Å². The summed E-state index contributed by atoms with van der Waals surface area (Å²) in [5.74, 6) is -1.03. The zero-order chi connectivity index (χ0) is 16.4. The van der Waals surface area contributed by atoms with E-state index >= 15 is 0 Å². The molecule has 0 radical (unpaired) electrons. The summed E-state index contributed by atoms with van der Waals surface area (Å²) in [5.41, 5.74) is 0.702. The standard InChI is InChI=1S/C17H24FNO3/c1-3-4-5-6-7-15(17(21)22-2)19-16(20)12-13-8-10-14(18)11-9-13/h8-11,15H,3-7,12H2,1-2H3,(H,19,20)/t15-/m0/s1. The van der Waals surface area contributed by atoms with Crippen LogP contribution in [0.15, 0.2) is 24.3 Å². The lowest BCUT2D eigenvalue weighted by molar-refractivity contribution is -0.145. The molecule has 0 unspecified atom stereocenters. The highest BCUT2D eigenvalue weighted by Crippen LogP contribution is 2.08. The van der Waals surface area contributed by atoms with Crippen LogP contribution in [0.1, 0.15) is 44.6 Å². The summed E-state index contributed by atoms with van der Waals surface area (Å²) >= 11 is 0. The molecular formula is C17H24FNO3. The van der Waals surface area contributed by atoms with Crippen molar-refractivity contribution in [2.45, 2.75) is 51.5 Å². The Bertz CT molecular complexity index is 473. The molecule has 5 heteroatoms. The maximum atomic E-state index is 12.8. The summed E-state index contributed by atoms with van der Waals surface area (Å²) in [6.45, 7) is 2.11. The predicted octanol–water partition coefficient (Wildman–Crippen LogP) is 3.00. The van der Waals surface area contributed by atoms with Crippen LogP contribution in [0, 0.1) is 5.82 Å². The molecule has 22 heavy (non-hydrogen) atoms. The number of methoxy groups -OCH3 is 1. The Kier molecular flexibility index (Phi) is 8.18. The molecule has 1 atom stereocenters. The molecule has 1 aromatic rings. The Morgan fingerprint density at radius 2 is 1.86 bits per heavy atom. The van der Waals surface area contributed by atoms with Gasteiger partial charge in [0.05, 0.1) is 13.5 Å². The summed E-state index contributed by atoms with van der Waals surface area (Å²) < 4.78 is 17.6. The van der Waals surface area contributed by atoms with Crippen LogP contribution in [0.3, 0.4) is 0 Å². The number of unbranched alkanes of at least 4 members (excludes halogenated alkanes) is 3.